The number of rotatable bonds is 3. The largest absolute Gasteiger partial charge is 0.497 e. The zero-order valence-corrected chi connectivity index (χ0v) is 11.4. The SMILES string of the molecule is COc1cccc(-c2noc(C3CSCCN3)n2)c1. The molecule has 1 fully saturated rings. The van der Waals surface area contributed by atoms with Crippen LogP contribution >= 0.6 is 11.8 Å². The van der Waals surface area contributed by atoms with Gasteiger partial charge in [0.2, 0.25) is 11.7 Å². The Morgan fingerprint density at radius 2 is 2.42 bits per heavy atom. The van der Waals surface area contributed by atoms with Crippen molar-refractivity contribution in [2.24, 2.45) is 0 Å². The van der Waals surface area contributed by atoms with Crippen LogP contribution in [0.5, 0.6) is 5.75 Å². The predicted octanol–water partition coefficient (Wildman–Crippen LogP) is 2.12. The van der Waals surface area contributed by atoms with E-state index in [4.69, 9.17) is 9.26 Å². The molecule has 2 aromatic rings. The molecule has 1 saturated heterocycles. The van der Waals surface area contributed by atoms with Gasteiger partial charge in [-0.3, -0.25) is 0 Å². The maximum atomic E-state index is 5.35. The molecular formula is C13H15N3O2S. The molecule has 2 heterocycles. The van der Waals surface area contributed by atoms with Crippen molar-refractivity contribution in [1.29, 1.82) is 0 Å². The Labute approximate surface area is 115 Å². The standard InChI is InChI=1S/C13H15N3O2S/c1-17-10-4-2-3-9(7-10)12-15-13(18-16-12)11-8-19-6-5-14-11/h2-4,7,11,14H,5-6,8H2,1H3. The lowest BCUT2D eigenvalue weighted by Crippen LogP contribution is -2.30. The molecule has 0 spiro atoms. The maximum absolute atomic E-state index is 5.35. The summed E-state index contributed by atoms with van der Waals surface area (Å²) in [6, 6.07) is 7.81. The Balaban J connectivity index is 1.83. The first-order valence-corrected chi connectivity index (χ1v) is 7.31. The van der Waals surface area contributed by atoms with Crippen molar-refractivity contribution >= 4 is 11.8 Å². The number of nitrogens with zero attached hydrogens (tertiary/aromatic N) is 2. The molecule has 1 aliphatic heterocycles. The number of hydrogen-bond donors (Lipinski definition) is 1. The second-order valence-corrected chi connectivity index (χ2v) is 5.42. The van der Waals surface area contributed by atoms with Crippen LogP contribution < -0.4 is 10.1 Å². The molecule has 0 bridgehead atoms. The highest BCUT2D eigenvalue weighted by molar-refractivity contribution is 7.99. The predicted molar refractivity (Wildman–Crippen MR) is 74.4 cm³/mol. The Hall–Kier alpha value is -1.53. The van der Waals surface area contributed by atoms with Crippen LogP contribution in [0.2, 0.25) is 0 Å². The molecule has 1 aromatic carbocycles. The van der Waals surface area contributed by atoms with Crippen LogP contribution in [0, 0.1) is 0 Å². The van der Waals surface area contributed by atoms with E-state index in [0.29, 0.717) is 11.7 Å². The summed E-state index contributed by atoms with van der Waals surface area (Å²) in [5, 5.41) is 7.43. The van der Waals surface area contributed by atoms with E-state index < -0.39 is 0 Å². The molecule has 6 heteroatoms. The quantitative estimate of drug-likeness (QED) is 0.927. The molecule has 1 atom stereocenters. The third kappa shape index (κ3) is 2.74. The topological polar surface area (TPSA) is 60.2 Å². The van der Waals surface area contributed by atoms with Gasteiger partial charge in [0.1, 0.15) is 5.75 Å². The smallest absolute Gasteiger partial charge is 0.244 e. The fourth-order valence-electron chi connectivity index (χ4n) is 1.98. The Morgan fingerprint density at radius 3 is 3.21 bits per heavy atom. The highest BCUT2D eigenvalue weighted by Crippen LogP contribution is 2.25. The van der Waals surface area contributed by atoms with Gasteiger partial charge in [-0.2, -0.15) is 16.7 Å². The van der Waals surface area contributed by atoms with Gasteiger partial charge < -0.3 is 14.6 Å². The average Bonchev–Trinajstić information content (AvgIpc) is 2.98. The van der Waals surface area contributed by atoms with E-state index in [2.05, 4.69) is 15.5 Å². The number of nitrogens with one attached hydrogen (secondary N) is 1. The number of ether oxygens (including phenoxy) is 1. The lowest BCUT2D eigenvalue weighted by Gasteiger charge is -2.19. The lowest BCUT2D eigenvalue weighted by molar-refractivity contribution is 0.342. The summed E-state index contributed by atoms with van der Waals surface area (Å²) in [6.07, 6.45) is 0. The molecule has 5 nitrogen and oxygen atoms in total. The van der Waals surface area contributed by atoms with Gasteiger partial charge in [-0.15, -0.1) is 0 Å². The summed E-state index contributed by atoms with van der Waals surface area (Å²) in [5.74, 6) is 4.15. The van der Waals surface area contributed by atoms with Gasteiger partial charge in [0.15, 0.2) is 0 Å². The van der Waals surface area contributed by atoms with Gasteiger partial charge in [0, 0.05) is 23.6 Å². The van der Waals surface area contributed by atoms with E-state index in [1.54, 1.807) is 7.11 Å². The fourth-order valence-corrected chi connectivity index (χ4v) is 2.91. The summed E-state index contributed by atoms with van der Waals surface area (Å²) in [5.41, 5.74) is 0.901. The molecule has 1 aliphatic rings. The first-order chi connectivity index (χ1) is 9.36. The van der Waals surface area contributed by atoms with Crippen LogP contribution in [-0.4, -0.2) is 35.3 Å². The van der Waals surface area contributed by atoms with Crippen LogP contribution in [0.1, 0.15) is 11.9 Å². The minimum Gasteiger partial charge on any atom is -0.497 e. The second-order valence-electron chi connectivity index (χ2n) is 4.27. The van der Waals surface area contributed by atoms with Gasteiger partial charge in [-0.05, 0) is 12.1 Å². The molecular weight excluding hydrogens is 262 g/mol. The first-order valence-electron chi connectivity index (χ1n) is 6.16. The molecule has 1 unspecified atom stereocenters. The van der Waals surface area contributed by atoms with Crippen LogP contribution in [-0.2, 0) is 0 Å². The lowest BCUT2D eigenvalue weighted by atomic mass is 10.2. The van der Waals surface area contributed by atoms with E-state index in [1.807, 2.05) is 36.0 Å². The summed E-state index contributed by atoms with van der Waals surface area (Å²) in [6.45, 7) is 0.978. The molecule has 0 amide bonds. The number of benzene rings is 1. The monoisotopic (exact) mass is 277 g/mol. The van der Waals surface area contributed by atoms with Crippen molar-refractivity contribution in [3.05, 3.63) is 30.2 Å². The van der Waals surface area contributed by atoms with Crippen molar-refractivity contribution in [1.82, 2.24) is 15.5 Å². The minimum absolute atomic E-state index is 0.158. The van der Waals surface area contributed by atoms with Gasteiger partial charge in [0.05, 0.1) is 13.2 Å². The summed E-state index contributed by atoms with van der Waals surface area (Å²) < 4.78 is 10.6. The second kappa shape index (κ2) is 5.63. The van der Waals surface area contributed by atoms with Crippen LogP contribution in [0.15, 0.2) is 28.8 Å². The van der Waals surface area contributed by atoms with Crippen molar-refractivity contribution < 1.29 is 9.26 Å². The zero-order valence-electron chi connectivity index (χ0n) is 10.6. The number of thioether (sulfide) groups is 1. The summed E-state index contributed by atoms with van der Waals surface area (Å²) >= 11 is 1.90. The average molecular weight is 277 g/mol. The Kier molecular flexibility index (Phi) is 3.70. The molecule has 19 heavy (non-hydrogen) atoms. The summed E-state index contributed by atoms with van der Waals surface area (Å²) in [7, 11) is 1.64. The maximum Gasteiger partial charge on any atom is 0.244 e. The molecule has 1 aromatic heterocycles. The fraction of sp³-hybridized carbons (Fsp3) is 0.385. The van der Waals surface area contributed by atoms with Crippen molar-refractivity contribution in [2.75, 3.05) is 25.2 Å². The first kappa shape index (κ1) is 12.5. The normalized spacial score (nSPS) is 19.3. The van der Waals surface area contributed by atoms with Gasteiger partial charge in [-0.25, -0.2) is 0 Å². The molecule has 0 radical (unpaired) electrons. The van der Waals surface area contributed by atoms with E-state index in [9.17, 15) is 0 Å². The number of aromatic nitrogens is 2. The van der Waals surface area contributed by atoms with Crippen molar-refractivity contribution in [3.8, 4) is 17.1 Å². The minimum atomic E-state index is 0.158. The summed E-state index contributed by atoms with van der Waals surface area (Å²) in [4.78, 5) is 4.47. The van der Waals surface area contributed by atoms with Crippen LogP contribution in [0.4, 0.5) is 0 Å². The molecule has 1 N–H and O–H groups in total. The molecule has 0 saturated carbocycles. The highest BCUT2D eigenvalue weighted by Gasteiger charge is 2.21. The van der Waals surface area contributed by atoms with E-state index in [-0.39, 0.29) is 6.04 Å². The highest BCUT2D eigenvalue weighted by atomic mass is 32.2. The van der Waals surface area contributed by atoms with E-state index in [1.165, 1.54) is 0 Å². The Morgan fingerprint density at radius 1 is 1.47 bits per heavy atom. The Bertz CT molecular complexity index is 552. The third-order valence-electron chi connectivity index (χ3n) is 2.99. The van der Waals surface area contributed by atoms with Crippen molar-refractivity contribution in [3.63, 3.8) is 0 Å². The van der Waals surface area contributed by atoms with Gasteiger partial charge in [0.25, 0.3) is 0 Å². The van der Waals surface area contributed by atoms with Crippen molar-refractivity contribution in [2.45, 2.75) is 6.04 Å². The third-order valence-corrected chi connectivity index (χ3v) is 4.05. The van der Waals surface area contributed by atoms with E-state index in [0.717, 1.165) is 29.4 Å². The zero-order chi connectivity index (χ0) is 13.1. The molecule has 0 aliphatic carbocycles. The number of methoxy groups -OCH3 is 1. The van der Waals surface area contributed by atoms with Crippen LogP contribution in [0.3, 0.4) is 0 Å². The van der Waals surface area contributed by atoms with Gasteiger partial charge in [-0.1, -0.05) is 17.3 Å². The van der Waals surface area contributed by atoms with Gasteiger partial charge >= 0.3 is 0 Å². The van der Waals surface area contributed by atoms with Crippen LogP contribution in [0.25, 0.3) is 11.4 Å². The molecule has 3 rings (SSSR count). The molecule has 100 valence electrons. The van der Waals surface area contributed by atoms with E-state index >= 15 is 0 Å². The number of hydrogen-bond acceptors (Lipinski definition) is 6.